The van der Waals surface area contributed by atoms with Crippen molar-refractivity contribution in [3.63, 3.8) is 0 Å². The Morgan fingerprint density at radius 1 is 1.24 bits per heavy atom. The predicted molar refractivity (Wildman–Crippen MR) is 78.3 cm³/mol. The SMILES string of the molecule is CC(c1nc(-c2cncn2C)no1)C(N)c1ccccc1. The van der Waals surface area contributed by atoms with Gasteiger partial charge in [0.05, 0.1) is 18.4 Å². The maximum Gasteiger partial charge on any atom is 0.231 e. The monoisotopic (exact) mass is 283 g/mol. The van der Waals surface area contributed by atoms with Crippen molar-refractivity contribution >= 4 is 0 Å². The summed E-state index contributed by atoms with van der Waals surface area (Å²) in [5.74, 6) is 0.988. The van der Waals surface area contributed by atoms with Crippen molar-refractivity contribution in [2.75, 3.05) is 0 Å². The highest BCUT2D eigenvalue weighted by Crippen LogP contribution is 2.28. The number of nitrogens with two attached hydrogens (primary N) is 1. The molecule has 0 spiro atoms. The second-order valence-corrected chi connectivity index (χ2v) is 5.07. The molecule has 2 heterocycles. The number of nitrogens with zero attached hydrogens (tertiary/aromatic N) is 4. The van der Waals surface area contributed by atoms with E-state index in [4.69, 9.17) is 10.3 Å². The summed E-state index contributed by atoms with van der Waals surface area (Å²) in [6.07, 6.45) is 3.40. The fourth-order valence-electron chi connectivity index (χ4n) is 2.21. The summed E-state index contributed by atoms with van der Waals surface area (Å²) in [5, 5.41) is 4.01. The summed E-state index contributed by atoms with van der Waals surface area (Å²) in [5.41, 5.74) is 8.14. The highest BCUT2D eigenvalue weighted by molar-refractivity contribution is 5.47. The van der Waals surface area contributed by atoms with Crippen LogP contribution in [0.3, 0.4) is 0 Å². The van der Waals surface area contributed by atoms with Gasteiger partial charge in [0.15, 0.2) is 0 Å². The van der Waals surface area contributed by atoms with E-state index in [2.05, 4.69) is 15.1 Å². The highest BCUT2D eigenvalue weighted by Gasteiger charge is 2.23. The summed E-state index contributed by atoms with van der Waals surface area (Å²) in [4.78, 5) is 8.49. The molecule has 0 saturated heterocycles. The van der Waals surface area contributed by atoms with Crippen LogP contribution in [-0.4, -0.2) is 19.7 Å². The average Bonchev–Trinajstić information content (AvgIpc) is 3.15. The van der Waals surface area contributed by atoms with E-state index in [1.807, 2.05) is 48.9 Å². The fraction of sp³-hybridized carbons (Fsp3) is 0.267. The number of hydrogen-bond acceptors (Lipinski definition) is 5. The second kappa shape index (κ2) is 5.49. The standard InChI is InChI=1S/C15H17N5O/c1-10(13(16)11-6-4-3-5-7-11)15-18-14(19-21-15)12-8-17-9-20(12)2/h3-10,13H,16H2,1-2H3. The van der Waals surface area contributed by atoms with Crippen LogP contribution in [0.1, 0.15) is 30.3 Å². The molecule has 0 radical (unpaired) electrons. The zero-order chi connectivity index (χ0) is 14.8. The first-order valence-corrected chi connectivity index (χ1v) is 6.77. The average molecular weight is 283 g/mol. The van der Waals surface area contributed by atoms with Crippen molar-refractivity contribution in [3.05, 3.63) is 54.3 Å². The normalized spacial score (nSPS) is 14.0. The topological polar surface area (TPSA) is 82.8 Å². The molecule has 0 fully saturated rings. The summed E-state index contributed by atoms with van der Waals surface area (Å²) in [6, 6.07) is 9.71. The molecule has 0 aliphatic rings. The Kier molecular flexibility index (Phi) is 3.53. The van der Waals surface area contributed by atoms with Crippen LogP contribution in [0.25, 0.3) is 11.5 Å². The molecule has 3 rings (SSSR count). The molecule has 2 unspecified atom stereocenters. The molecule has 108 valence electrons. The third kappa shape index (κ3) is 2.57. The highest BCUT2D eigenvalue weighted by atomic mass is 16.5. The van der Waals surface area contributed by atoms with Crippen LogP contribution >= 0.6 is 0 Å². The van der Waals surface area contributed by atoms with Gasteiger partial charge in [-0.25, -0.2) is 4.98 Å². The summed E-state index contributed by atoms with van der Waals surface area (Å²) in [7, 11) is 1.89. The van der Waals surface area contributed by atoms with Crippen molar-refractivity contribution in [1.29, 1.82) is 0 Å². The molecular weight excluding hydrogens is 266 g/mol. The molecule has 2 N–H and O–H groups in total. The summed E-state index contributed by atoms with van der Waals surface area (Å²) >= 11 is 0. The molecule has 0 saturated carbocycles. The quantitative estimate of drug-likeness (QED) is 0.794. The van der Waals surface area contributed by atoms with Gasteiger partial charge in [-0.2, -0.15) is 4.98 Å². The summed E-state index contributed by atoms with van der Waals surface area (Å²) in [6.45, 7) is 1.98. The lowest BCUT2D eigenvalue weighted by molar-refractivity contribution is 0.343. The molecule has 6 nitrogen and oxygen atoms in total. The first-order valence-electron chi connectivity index (χ1n) is 6.77. The van der Waals surface area contributed by atoms with E-state index in [1.54, 1.807) is 12.5 Å². The lowest BCUT2D eigenvalue weighted by atomic mass is 9.95. The third-order valence-electron chi connectivity index (χ3n) is 3.60. The van der Waals surface area contributed by atoms with Gasteiger partial charge in [-0.3, -0.25) is 0 Å². The van der Waals surface area contributed by atoms with Crippen molar-refractivity contribution in [1.82, 2.24) is 19.7 Å². The van der Waals surface area contributed by atoms with Crippen LogP contribution in [0.5, 0.6) is 0 Å². The molecule has 0 aliphatic heterocycles. The molecule has 0 amide bonds. The minimum Gasteiger partial charge on any atom is -0.339 e. The van der Waals surface area contributed by atoms with Gasteiger partial charge < -0.3 is 14.8 Å². The van der Waals surface area contributed by atoms with Gasteiger partial charge in [0.1, 0.15) is 5.69 Å². The Balaban J connectivity index is 1.85. The van der Waals surface area contributed by atoms with Crippen molar-refractivity contribution < 1.29 is 4.52 Å². The second-order valence-electron chi connectivity index (χ2n) is 5.07. The zero-order valence-corrected chi connectivity index (χ0v) is 12.0. The number of rotatable bonds is 4. The minimum atomic E-state index is -0.189. The smallest absolute Gasteiger partial charge is 0.231 e. The van der Waals surface area contributed by atoms with Crippen LogP contribution in [0.2, 0.25) is 0 Å². The van der Waals surface area contributed by atoms with Crippen molar-refractivity contribution in [2.24, 2.45) is 12.8 Å². The maximum atomic E-state index is 6.28. The Bertz CT molecular complexity index is 719. The van der Waals surface area contributed by atoms with Crippen LogP contribution in [0.4, 0.5) is 0 Å². The Morgan fingerprint density at radius 3 is 2.67 bits per heavy atom. The van der Waals surface area contributed by atoms with Crippen molar-refractivity contribution in [2.45, 2.75) is 18.9 Å². The lowest BCUT2D eigenvalue weighted by Crippen LogP contribution is -2.17. The fourth-order valence-corrected chi connectivity index (χ4v) is 2.21. The lowest BCUT2D eigenvalue weighted by Gasteiger charge is -2.16. The molecule has 0 aliphatic carbocycles. The molecular formula is C15H17N5O. The molecule has 2 aromatic heterocycles. The largest absolute Gasteiger partial charge is 0.339 e. The van der Waals surface area contributed by atoms with Crippen LogP contribution < -0.4 is 5.73 Å². The molecule has 0 bridgehead atoms. The van der Waals surface area contributed by atoms with Gasteiger partial charge in [0.25, 0.3) is 0 Å². The molecule has 1 aromatic carbocycles. The molecule has 6 heteroatoms. The Hall–Kier alpha value is -2.47. The van der Waals surface area contributed by atoms with E-state index in [9.17, 15) is 0 Å². The van der Waals surface area contributed by atoms with Gasteiger partial charge in [-0.1, -0.05) is 42.4 Å². The number of imidazole rings is 1. The maximum absolute atomic E-state index is 6.28. The summed E-state index contributed by atoms with van der Waals surface area (Å²) < 4.78 is 7.21. The van der Waals surface area contributed by atoms with Gasteiger partial charge >= 0.3 is 0 Å². The van der Waals surface area contributed by atoms with Crippen LogP contribution in [0.15, 0.2) is 47.4 Å². The van der Waals surface area contributed by atoms with E-state index in [-0.39, 0.29) is 12.0 Å². The van der Waals surface area contributed by atoms with E-state index >= 15 is 0 Å². The number of benzene rings is 1. The van der Waals surface area contributed by atoms with Gasteiger partial charge in [0, 0.05) is 13.1 Å². The zero-order valence-electron chi connectivity index (χ0n) is 12.0. The number of hydrogen-bond donors (Lipinski definition) is 1. The van der Waals surface area contributed by atoms with Crippen LogP contribution in [-0.2, 0) is 7.05 Å². The third-order valence-corrected chi connectivity index (χ3v) is 3.60. The van der Waals surface area contributed by atoms with Crippen LogP contribution in [0, 0.1) is 0 Å². The minimum absolute atomic E-state index is 0.0677. The number of aromatic nitrogens is 4. The van der Waals surface area contributed by atoms with E-state index in [0.29, 0.717) is 11.7 Å². The van der Waals surface area contributed by atoms with E-state index in [1.165, 1.54) is 0 Å². The molecule has 21 heavy (non-hydrogen) atoms. The molecule has 3 aromatic rings. The van der Waals surface area contributed by atoms with Gasteiger partial charge in [-0.15, -0.1) is 0 Å². The first kappa shape index (κ1) is 13.5. The van der Waals surface area contributed by atoms with E-state index < -0.39 is 0 Å². The van der Waals surface area contributed by atoms with Gasteiger partial charge in [0.2, 0.25) is 11.7 Å². The molecule has 2 atom stereocenters. The van der Waals surface area contributed by atoms with E-state index in [0.717, 1.165) is 11.3 Å². The Labute approximate surface area is 122 Å². The first-order chi connectivity index (χ1) is 10.2. The number of aryl methyl sites for hydroxylation is 1. The predicted octanol–water partition coefficient (Wildman–Crippen LogP) is 2.27. The van der Waals surface area contributed by atoms with Gasteiger partial charge in [-0.05, 0) is 5.56 Å². The van der Waals surface area contributed by atoms with Crippen molar-refractivity contribution in [3.8, 4) is 11.5 Å². The Morgan fingerprint density at radius 2 is 2.00 bits per heavy atom.